The molecule has 1 unspecified atom stereocenters. The Hall–Kier alpha value is -3.09. The van der Waals surface area contributed by atoms with Crippen molar-refractivity contribution in [3.8, 4) is 6.07 Å². The van der Waals surface area contributed by atoms with E-state index in [9.17, 15) is 13.2 Å². The zero-order valence-corrected chi connectivity index (χ0v) is 15.1. The number of rotatable bonds is 2. The van der Waals surface area contributed by atoms with Gasteiger partial charge in [-0.3, -0.25) is 0 Å². The molecule has 2 aliphatic rings. The van der Waals surface area contributed by atoms with E-state index in [0.29, 0.717) is 31.7 Å². The topological polar surface area (TPSA) is 117 Å². The predicted octanol–water partition coefficient (Wildman–Crippen LogP) is 2.23. The second-order valence-electron chi connectivity index (χ2n) is 6.86. The molecular weight excluding hydrogens is 371 g/mol. The first-order valence-corrected chi connectivity index (χ1v) is 8.76. The maximum absolute atomic E-state index is 13.5. The Morgan fingerprint density at radius 2 is 1.93 bits per heavy atom. The van der Waals surface area contributed by atoms with Crippen LogP contribution in [-0.4, -0.2) is 35.1 Å². The van der Waals surface area contributed by atoms with Crippen molar-refractivity contribution in [2.75, 3.05) is 18.0 Å². The fourth-order valence-corrected chi connectivity index (χ4v) is 3.60. The van der Waals surface area contributed by atoms with Gasteiger partial charge < -0.3 is 16.4 Å². The maximum Gasteiger partial charge on any atom is 0.396 e. The van der Waals surface area contributed by atoms with Gasteiger partial charge in [-0.25, -0.2) is 15.0 Å². The number of allylic oxidation sites excluding steroid dienone is 2. The normalized spacial score (nSPS) is 23.2. The van der Waals surface area contributed by atoms with E-state index in [1.807, 2.05) is 11.0 Å². The Kier molecular flexibility index (Phi) is 5.27. The summed E-state index contributed by atoms with van der Waals surface area (Å²) in [6, 6.07) is 1.90. The lowest BCUT2D eigenvalue weighted by Crippen LogP contribution is -2.40. The Morgan fingerprint density at radius 1 is 1.25 bits per heavy atom. The molecule has 4 N–H and O–H groups in total. The molecule has 1 atom stereocenters. The lowest BCUT2D eigenvalue weighted by atomic mass is 9.83. The number of alkyl halides is 3. The SMILES string of the molecule is C=C1CC(C(F)(F)F)C(=C(N)C2CCN(c3cnc(C#N)cn3)CC2)C(N)=N1. The average molecular weight is 391 g/mol. The molecule has 0 radical (unpaired) electrons. The molecule has 10 heteroatoms. The number of aromatic nitrogens is 2. The first-order chi connectivity index (χ1) is 13.2. The molecule has 3 rings (SSSR count). The van der Waals surface area contributed by atoms with Gasteiger partial charge in [0, 0.05) is 42.4 Å². The molecule has 0 amide bonds. The van der Waals surface area contributed by atoms with Crippen molar-refractivity contribution >= 4 is 11.7 Å². The van der Waals surface area contributed by atoms with E-state index in [2.05, 4.69) is 21.5 Å². The molecule has 0 spiro atoms. The molecule has 1 saturated heterocycles. The van der Waals surface area contributed by atoms with Gasteiger partial charge in [0.1, 0.15) is 17.7 Å². The Morgan fingerprint density at radius 3 is 2.46 bits per heavy atom. The van der Waals surface area contributed by atoms with Gasteiger partial charge in [-0.2, -0.15) is 18.4 Å². The van der Waals surface area contributed by atoms with E-state index in [-0.39, 0.29) is 40.8 Å². The van der Waals surface area contributed by atoms with E-state index in [1.165, 1.54) is 12.4 Å². The largest absolute Gasteiger partial charge is 0.401 e. The average Bonchev–Trinajstić information content (AvgIpc) is 2.66. The quantitative estimate of drug-likeness (QED) is 0.798. The molecule has 7 nitrogen and oxygen atoms in total. The number of nitriles is 1. The van der Waals surface area contributed by atoms with E-state index >= 15 is 0 Å². The number of halogens is 3. The molecule has 0 aliphatic carbocycles. The maximum atomic E-state index is 13.5. The minimum atomic E-state index is -4.47. The van der Waals surface area contributed by atoms with Crippen LogP contribution in [0.3, 0.4) is 0 Å². The van der Waals surface area contributed by atoms with Gasteiger partial charge in [-0.05, 0) is 12.8 Å². The molecule has 1 fully saturated rings. The molecule has 28 heavy (non-hydrogen) atoms. The van der Waals surface area contributed by atoms with Crippen LogP contribution in [0.2, 0.25) is 0 Å². The van der Waals surface area contributed by atoms with Gasteiger partial charge in [0.2, 0.25) is 0 Å². The third-order valence-electron chi connectivity index (χ3n) is 5.06. The smallest absolute Gasteiger partial charge is 0.396 e. The molecule has 3 heterocycles. The summed E-state index contributed by atoms with van der Waals surface area (Å²) in [5.41, 5.74) is 12.3. The third kappa shape index (κ3) is 3.93. The van der Waals surface area contributed by atoms with Crippen molar-refractivity contribution in [3.05, 3.63) is 41.6 Å². The van der Waals surface area contributed by atoms with Crippen molar-refractivity contribution in [2.24, 2.45) is 28.3 Å². The summed E-state index contributed by atoms with van der Waals surface area (Å²) in [4.78, 5) is 14.1. The summed E-state index contributed by atoms with van der Waals surface area (Å²) in [7, 11) is 0. The predicted molar refractivity (Wildman–Crippen MR) is 97.8 cm³/mol. The number of nitrogens with zero attached hydrogens (tertiary/aromatic N) is 5. The van der Waals surface area contributed by atoms with Gasteiger partial charge in [0.15, 0.2) is 5.69 Å². The molecule has 0 saturated carbocycles. The van der Waals surface area contributed by atoms with Gasteiger partial charge in [0.05, 0.1) is 18.3 Å². The summed E-state index contributed by atoms with van der Waals surface area (Å²) in [5.74, 6) is -1.59. The van der Waals surface area contributed by atoms with Crippen LogP contribution in [0, 0.1) is 23.2 Å². The van der Waals surface area contributed by atoms with Crippen molar-refractivity contribution < 1.29 is 13.2 Å². The molecule has 1 aromatic rings. The van der Waals surface area contributed by atoms with Crippen molar-refractivity contribution in [2.45, 2.75) is 25.4 Å². The van der Waals surface area contributed by atoms with Crippen molar-refractivity contribution in [1.82, 2.24) is 9.97 Å². The minimum absolute atomic E-state index is 0.102. The lowest BCUT2D eigenvalue weighted by Gasteiger charge is -2.35. The minimum Gasteiger partial charge on any atom is -0.401 e. The van der Waals surface area contributed by atoms with Crippen LogP contribution in [0.25, 0.3) is 0 Å². The number of hydrogen-bond donors (Lipinski definition) is 2. The van der Waals surface area contributed by atoms with Gasteiger partial charge in [0.25, 0.3) is 0 Å². The Bertz CT molecular complexity index is 857. The van der Waals surface area contributed by atoms with E-state index in [0.717, 1.165) is 0 Å². The standard InChI is InChI=1S/C18H20F3N7/c1-10-6-13(18(19,20)21)15(17(24)27-10)16(23)11-2-4-28(5-3-11)14-9-25-12(7-22)8-26-14/h8-9,11,13H,1-6,23H2,(H2,24,27). The summed E-state index contributed by atoms with van der Waals surface area (Å²) >= 11 is 0. The number of nitrogens with two attached hydrogens (primary N) is 2. The van der Waals surface area contributed by atoms with Crippen LogP contribution >= 0.6 is 0 Å². The third-order valence-corrected chi connectivity index (χ3v) is 5.06. The summed E-state index contributed by atoms with van der Waals surface area (Å²) in [6.07, 6.45) is -0.802. The van der Waals surface area contributed by atoms with Crippen LogP contribution in [0.15, 0.2) is 40.9 Å². The molecule has 0 aromatic carbocycles. The zero-order valence-electron chi connectivity index (χ0n) is 15.1. The number of anilines is 1. The molecular formula is C18H20F3N7. The highest BCUT2D eigenvalue weighted by atomic mass is 19.4. The van der Waals surface area contributed by atoms with E-state index in [1.54, 1.807) is 0 Å². The van der Waals surface area contributed by atoms with Crippen LogP contribution in [0.4, 0.5) is 19.0 Å². The van der Waals surface area contributed by atoms with E-state index < -0.39 is 12.1 Å². The van der Waals surface area contributed by atoms with E-state index in [4.69, 9.17) is 16.7 Å². The van der Waals surface area contributed by atoms with Gasteiger partial charge in [-0.15, -0.1) is 0 Å². The number of amidine groups is 1. The fourth-order valence-electron chi connectivity index (χ4n) is 3.60. The van der Waals surface area contributed by atoms with Gasteiger partial charge in [-0.1, -0.05) is 6.58 Å². The van der Waals surface area contributed by atoms with Crippen molar-refractivity contribution in [1.29, 1.82) is 5.26 Å². The lowest BCUT2D eigenvalue weighted by molar-refractivity contribution is -0.163. The fraction of sp³-hybridized carbons (Fsp3) is 0.444. The van der Waals surface area contributed by atoms with Crippen molar-refractivity contribution in [3.63, 3.8) is 0 Å². The van der Waals surface area contributed by atoms with Gasteiger partial charge >= 0.3 is 6.18 Å². The molecule has 1 aromatic heterocycles. The van der Waals surface area contributed by atoms with Crippen LogP contribution in [0.1, 0.15) is 25.0 Å². The first-order valence-electron chi connectivity index (χ1n) is 8.76. The second kappa shape index (κ2) is 7.50. The highest BCUT2D eigenvalue weighted by Gasteiger charge is 2.46. The molecule has 148 valence electrons. The molecule has 0 bridgehead atoms. The number of piperidine rings is 1. The molecule has 2 aliphatic heterocycles. The monoisotopic (exact) mass is 391 g/mol. The number of hydrogen-bond acceptors (Lipinski definition) is 7. The highest BCUT2D eigenvalue weighted by Crippen LogP contribution is 2.41. The van der Waals surface area contributed by atoms with Crippen LogP contribution in [0.5, 0.6) is 0 Å². The zero-order chi connectivity index (χ0) is 20.5. The van der Waals surface area contributed by atoms with Crippen LogP contribution < -0.4 is 16.4 Å². The summed E-state index contributed by atoms with van der Waals surface area (Å²) < 4.78 is 40.6. The van der Waals surface area contributed by atoms with Crippen LogP contribution in [-0.2, 0) is 0 Å². The highest BCUT2D eigenvalue weighted by molar-refractivity contribution is 5.99. The Balaban J connectivity index is 1.79. The summed E-state index contributed by atoms with van der Waals surface area (Å²) in [5, 5.41) is 8.78. The first kappa shape index (κ1) is 19.7. The second-order valence-corrected chi connectivity index (χ2v) is 6.86. The number of aliphatic imine (C=N–C) groups is 1. The Labute approximate surface area is 160 Å². The summed E-state index contributed by atoms with van der Waals surface area (Å²) in [6.45, 7) is 4.63.